The van der Waals surface area contributed by atoms with E-state index >= 15 is 0 Å². The highest BCUT2D eigenvalue weighted by atomic mass is 16.6. The Labute approximate surface area is 119 Å². The second-order valence-electron chi connectivity index (χ2n) is 5.43. The van der Waals surface area contributed by atoms with Gasteiger partial charge in [0, 0.05) is 13.6 Å². The molecule has 20 heavy (non-hydrogen) atoms. The quantitative estimate of drug-likeness (QED) is 0.362. The van der Waals surface area contributed by atoms with Crippen LogP contribution in [-0.2, 0) is 9.53 Å². The SMILES string of the molecule is CN(C(=O)OC(C)(C)C)C(=O)[C@@H](N)CCCN=C(N)N. The fourth-order valence-corrected chi connectivity index (χ4v) is 1.31. The topological polar surface area (TPSA) is 137 Å². The highest BCUT2D eigenvalue weighted by Crippen LogP contribution is 2.10. The number of imide groups is 1. The van der Waals surface area contributed by atoms with Crippen LogP contribution in [0.15, 0.2) is 4.99 Å². The van der Waals surface area contributed by atoms with Crippen molar-refractivity contribution >= 4 is 18.0 Å². The summed E-state index contributed by atoms with van der Waals surface area (Å²) in [5.74, 6) is -0.500. The molecule has 0 aromatic carbocycles. The van der Waals surface area contributed by atoms with Crippen molar-refractivity contribution in [3.8, 4) is 0 Å². The number of rotatable bonds is 5. The van der Waals surface area contributed by atoms with Gasteiger partial charge in [0.1, 0.15) is 5.60 Å². The molecule has 0 aromatic heterocycles. The van der Waals surface area contributed by atoms with Crippen LogP contribution in [0.3, 0.4) is 0 Å². The molecule has 0 bridgehead atoms. The van der Waals surface area contributed by atoms with Gasteiger partial charge in [-0.15, -0.1) is 0 Å². The van der Waals surface area contributed by atoms with Crippen LogP contribution in [0.4, 0.5) is 4.79 Å². The molecule has 0 radical (unpaired) electrons. The predicted octanol–water partition coefficient (Wildman–Crippen LogP) is -0.239. The zero-order valence-corrected chi connectivity index (χ0v) is 12.5. The van der Waals surface area contributed by atoms with Crippen molar-refractivity contribution in [3.05, 3.63) is 0 Å². The van der Waals surface area contributed by atoms with Gasteiger partial charge in [0.25, 0.3) is 0 Å². The predicted molar refractivity (Wildman–Crippen MR) is 76.9 cm³/mol. The minimum Gasteiger partial charge on any atom is -0.443 e. The van der Waals surface area contributed by atoms with Gasteiger partial charge in [-0.3, -0.25) is 9.79 Å². The standard InChI is InChI=1S/C12H25N5O3/c1-12(2,3)20-11(19)17(4)9(18)8(13)6-5-7-16-10(14)15/h8H,5-7,13H2,1-4H3,(H4,14,15,16)/t8-/m0/s1. The largest absolute Gasteiger partial charge is 0.443 e. The molecular weight excluding hydrogens is 262 g/mol. The lowest BCUT2D eigenvalue weighted by Crippen LogP contribution is -2.46. The van der Waals surface area contributed by atoms with E-state index in [1.807, 2.05) is 0 Å². The number of hydrogen-bond acceptors (Lipinski definition) is 5. The third-order valence-electron chi connectivity index (χ3n) is 2.28. The second kappa shape index (κ2) is 7.68. The normalized spacial score (nSPS) is 12.4. The van der Waals surface area contributed by atoms with E-state index in [0.29, 0.717) is 19.4 Å². The van der Waals surface area contributed by atoms with Gasteiger partial charge in [-0.05, 0) is 33.6 Å². The maximum Gasteiger partial charge on any atom is 0.416 e. The molecule has 1 atom stereocenters. The summed E-state index contributed by atoms with van der Waals surface area (Å²) in [6.45, 7) is 5.55. The first-order valence-corrected chi connectivity index (χ1v) is 6.36. The average Bonchev–Trinajstić information content (AvgIpc) is 2.30. The van der Waals surface area contributed by atoms with Crippen LogP contribution in [0.2, 0.25) is 0 Å². The molecule has 0 heterocycles. The molecule has 0 fully saturated rings. The summed E-state index contributed by atoms with van der Waals surface area (Å²) in [6.07, 6.45) is 0.206. The van der Waals surface area contributed by atoms with Crippen LogP contribution in [0, 0.1) is 0 Å². The summed E-state index contributed by atoms with van der Waals surface area (Å²) in [5, 5.41) is 0. The molecule has 0 aliphatic carbocycles. The van der Waals surface area contributed by atoms with Crippen LogP contribution in [0.1, 0.15) is 33.6 Å². The van der Waals surface area contributed by atoms with Gasteiger partial charge in [0.15, 0.2) is 5.96 Å². The van der Waals surface area contributed by atoms with Crippen molar-refractivity contribution in [1.29, 1.82) is 0 Å². The molecule has 8 heteroatoms. The molecule has 0 saturated carbocycles. The van der Waals surface area contributed by atoms with Gasteiger partial charge in [0.2, 0.25) is 5.91 Å². The van der Waals surface area contributed by atoms with Gasteiger partial charge >= 0.3 is 6.09 Å². The lowest BCUT2D eigenvalue weighted by atomic mass is 10.1. The number of carbonyl (C=O) groups is 2. The van der Waals surface area contributed by atoms with E-state index in [4.69, 9.17) is 21.9 Å². The molecule has 2 amide bonds. The minimum absolute atomic E-state index is 0.00392. The number of nitrogens with zero attached hydrogens (tertiary/aromatic N) is 2. The van der Waals surface area contributed by atoms with Crippen LogP contribution >= 0.6 is 0 Å². The summed E-state index contributed by atoms with van der Waals surface area (Å²) in [5.41, 5.74) is 15.4. The maximum atomic E-state index is 11.9. The Morgan fingerprint density at radius 1 is 1.30 bits per heavy atom. The third kappa shape index (κ3) is 7.57. The molecule has 0 aromatic rings. The molecule has 0 unspecified atom stereocenters. The summed E-state index contributed by atoms with van der Waals surface area (Å²) in [6, 6.07) is -0.790. The van der Waals surface area contributed by atoms with Crippen LogP contribution in [0.5, 0.6) is 0 Å². The molecule has 0 aliphatic heterocycles. The van der Waals surface area contributed by atoms with Crippen molar-refractivity contribution in [2.45, 2.75) is 45.3 Å². The fourth-order valence-electron chi connectivity index (χ4n) is 1.31. The number of likely N-dealkylation sites (N-methyl/N-ethyl adjacent to an activating group) is 1. The Kier molecular flexibility index (Phi) is 6.98. The monoisotopic (exact) mass is 287 g/mol. The number of ether oxygens (including phenoxy) is 1. The molecule has 0 rings (SSSR count). The van der Waals surface area contributed by atoms with E-state index < -0.39 is 23.6 Å². The Hall–Kier alpha value is -1.83. The molecule has 116 valence electrons. The lowest BCUT2D eigenvalue weighted by Gasteiger charge is -2.25. The summed E-state index contributed by atoms with van der Waals surface area (Å²) < 4.78 is 5.08. The Balaban J connectivity index is 4.29. The van der Waals surface area contributed by atoms with Gasteiger partial charge < -0.3 is 21.9 Å². The summed E-state index contributed by atoms with van der Waals surface area (Å²) in [4.78, 5) is 28.3. The number of hydrogen-bond donors (Lipinski definition) is 3. The van der Waals surface area contributed by atoms with Crippen molar-refractivity contribution in [1.82, 2.24) is 4.90 Å². The van der Waals surface area contributed by atoms with Gasteiger partial charge in [-0.1, -0.05) is 0 Å². The molecule has 0 aliphatic rings. The first-order valence-electron chi connectivity index (χ1n) is 6.36. The zero-order valence-electron chi connectivity index (χ0n) is 12.5. The lowest BCUT2D eigenvalue weighted by molar-refractivity contribution is -0.130. The van der Waals surface area contributed by atoms with E-state index in [2.05, 4.69) is 4.99 Å². The van der Waals surface area contributed by atoms with Crippen LogP contribution in [-0.4, -0.2) is 48.1 Å². The molecular formula is C12H25N5O3. The number of aliphatic imine (C=N–C) groups is 1. The van der Waals surface area contributed by atoms with Gasteiger partial charge in [-0.2, -0.15) is 0 Å². The summed E-state index contributed by atoms with van der Waals surface area (Å²) in [7, 11) is 1.34. The van der Waals surface area contributed by atoms with E-state index in [1.165, 1.54) is 7.05 Å². The smallest absolute Gasteiger partial charge is 0.416 e. The van der Waals surface area contributed by atoms with Crippen molar-refractivity contribution in [2.24, 2.45) is 22.2 Å². The molecule has 0 spiro atoms. The van der Waals surface area contributed by atoms with Crippen LogP contribution < -0.4 is 17.2 Å². The average molecular weight is 287 g/mol. The second-order valence-corrected chi connectivity index (χ2v) is 5.43. The third-order valence-corrected chi connectivity index (χ3v) is 2.28. The van der Waals surface area contributed by atoms with E-state index in [9.17, 15) is 9.59 Å². The van der Waals surface area contributed by atoms with Crippen molar-refractivity contribution in [3.63, 3.8) is 0 Å². The zero-order chi connectivity index (χ0) is 15.9. The molecule has 8 nitrogen and oxygen atoms in total. The highest BCUT2D eigenvalue weighted by molar-refractivity contribution is 5.94. The number of nitrogens with two attached hydrogens (primary N) is 3. The van der Waals surface area contributed by atoms with Crippen molar-refractivity contribution < 1.29 is 14.3 Å². The van der Waals surface area contributed by atoms with E-state index in [0.717, 1.165) is 4.90 Å². The number of amides is 2. The van der Waals surface area contributed by atoms with Gasteiger partial charge in [0.05, 0.1) is 6.04 Å². The van der Waals surface area contributed by atoms with Crippen molar-refractivity contribution in [2.75, 3.05) is 13.6 Å². The van der Waals surface area contributed by atoms with Crippen LogP contribution in [0.25, 0.3) is 0 Å². The Bertz CT molecular complexity index is 372. The first-order chi connectivity index (χ1) is 9.04. The maximum absolute atomic E-state index is 11.9. The van der Waals surface area contributed by atoms with E-state index in [1.54, 1.807) is 20.8 Å². The van der Waals surface area contributed by atoms with E-state index in [-0.39, 0.29) is 5.96 Å². The fraction of sp³-hybridized carbons (Fsp3) is 0.750. The Morgan fingerprint density at radius 3 is 2.30 bits per heavy atom. The van der Waals surface area contributed by atoms with Gasteiger partial charge in [-0.25, -0.2) is 9.69 Å². The first kappa shape index (κ1) is 18.2. The summed E-state index contributed by atoms with van der Waals surface area (Å²) >= 11 is 0. The number of carbonyl (C=O) groups excluding carboxylic acids is 2. The number of guanidine groups is 1. The molecule has 6 N–H and O–H groups in total. The molecule has 0 saturated heterocycles. The highest BCUT2D eigenvalue weighted by Gasteiger charge is 2.27. The minimum atomic E-state index is -0.790. The Morgan fingerprint density at radius 2 is 1.85 bits per heavy atom.